The second-order valence-corrected chi connectivity index (χ2v) is 6.71. The van der Waals surface area contributed by atoms with Gasteiger partial charge in [0.25, 0.3) is 0 Å². The molecule has 20 heavy (non-hydrogen) atoms. The number of piperazine rings is 1. The summed E-state index contributed by atoms with van der Waals surface area (Å²) in [5.41, 5.74) is -0.726. The zero-order valence-corrected chi connectivity index (χ0v) is 13.3. The molecule has 4 nitrogen and oxygen atoms in total. The summed E-state index contributed by atoms with van der Waals surface area (Å²) in [5.74, 6) is -0.0194. The van der Waals surface area contributed by atoms with Gasteiger partial charge >= 0.3 is 0 Å². The van der Waals surface area contributed by atoms with Gasteiger partial charge < -0.3 is 10.2 Å². The molecule has 1 fully saturated rings. The van der Waals surface area contributed by atoms with Crippen molar-refractivity contribution in [3.8, 4) is 0 Å². The number of thiophene rings is 1. The molecule has 1 aliphatic rings. The van der Waals surface area contributed by atoms with Crippen LogP contribution in [-0.2, 0) is 9.59 Å². The quantitative estimate of drug-likeness (QED) is 0.928. The number of carbonyl (C=O) groups is 2. The van der Waals surface area contributed by atoms with E-state index < -0.39 is 5.54 Å². The highest BCUT2D eigenvalue weighted by Crippen LogP contribution is 2.32. The second-order valence-electron chi connectivity index (χ2n) is 5.39. The number of hydrogen-bond acceptors (Lipinski definition) is 3. The highest BCUT2D eigenvalue weighted by molar-refractivity contribution is 7.12. The second kappa shape index (κ2) is 5.56. The molecule has 1 unspecified atom stereocenters. The van der Waals surface area contributed by atoms with Gasteiger partial charge in [-0.05, 0) is 38.8 Å². The molecule has 110 valence electrons. The smallest absolute Gasteiger partial charge is 0.249 e. The Labute approximate surface area is 124 Å². The maximum atomic E-state index is 12.8. The predicted octanol–water partition coefficient (Wildman–Crippen LogP) is 2.63. The molecule has 5 heteroatoms. The van der Waals surface area contributed by atoms with E-state index in [1.165, 1.54) is 4.88 Å². The molecule has 1 aliphatic heterocycles. The van der Waals surface area contributed by atoms with Gasteiger partial charge in [-0.15, -0.1) is 11.3 Å². The number of amides is 2. The summed E-state index contributed by atoms with van der Waals surface area (Å²) in [6.07, 6.45) is 1.25. The summed E-state index contributed by atoms with van der Waals surface area (Å²) in [6, 6.07) is 4.05. The third-order valence-electron chi connectivity index (χ3n) is 4.21. The van der Waals surface area contributed by atoms with Crippen LogP contribution < -0.4 is 5.32 Å². The topological polar surface area (TPSA) is 49.4 Å². The number of aryl methyl sites for hydroxylation is 1. The maximum Gasteiger partial charge on any atom is 0.249 e. The Morgan fingerprint density at radius 1 is 1.35 bits per heavy atom. The van der Waals surface area contributed by atoms with Crippen molar-refractivity contribution < 1.29 is 9.59 Å². The van der Waals surface area contributed by atoms with Crippen LogP contribution in [0.3, 0.4) is 0 Å². The van der Waals surface area contributed by atoms with Gasteiger partial charge in [-0.3, -0.25) is 9.59 Å². The molecule has 1 N–H and O–H groups in total. The zero-order chi connectivity index (χ0) is 14.9. The van der Waals surface area contributed by atoms with E-state index in [1.807, 2.05) is 33.8 Å². The molecule has 0 aromatic carbocycles. The maximum absolute atomic E-state index is 12.8. The minimum absolute atomic E-state index is 0.0423. The van der Waals surface area contributed by atoms with Crippen LogP contribution in [0.5, 0.6) is 0 Å². The van der Waals surface area contributed by atoms with Gasteiger partial charge in [-0.25, -0.2) is 0 Å². The number of rotatable bonds is 4. The van der Waals surface area contributed by atoms with E-state index in [0.29, 0.717) is 12.8 Å². The van der Waals surface area contributed by atoms with Crippen LogP contribution in [-0.4, -0.2) is 28.8 Å². The van der Waals surface area contributed by atoms with E-state index in [0.717, 1.165) is 4.88 Å². The van der Waals surface area contributed by atoms with Gasteiger partial charge in [0, 0.05) is 9.75 Å². The van der Waals surface area contributed by atoms with Gasteiger partial charge in [0.1, 0.15) is 12.1 Å². The molecule has 2 rings (SSSR count). The van der Waals surface area contributed by atoms with Crippen LogP contribution in [0.4, 0.5) is 0 Å². The SMILES string of the molecule is CCC1(CC)NC(=O)CN(C(C)c2ccc(C)s2)C1=O. The molecule has 0 aliphatic carbocycles. The standard InChI is InChI=1S/C15H22N2O2S/c1-5-15(6-2)14(19)17(9-13(18)16-15)11(4)12-8-7-10(3)20-12/h7-8,11H,5-6,9H2,1-4H3,(H,16,18). The number of nitrogens with one attached hydrogen (secondary N) is 1. The molecule has 1 aromatic rings. The highest BCUT2D eigenvalue weighted by Gasteiger charge is 2.45. The van der Waals surface area contributed by atoms with Crippen LogP contribution in [0.2, 0.25) is 0 Å². The van der Waals surface area contributed by atoms with Crippen molar-refractivity contribution in [2.75, 3.05) is 6.54 Å². The minimum Gasteiger partial charge on any atom is -0.340 e. The van der Waals surface area contributed by atoms with E-state index in [4.69, 9.17) is 0 Å². The molecule has 1 atom stereocenters. The summed E-state index contributed by atoms with van der Waals surface area (Å²) in [5, 5.41) is 2.89. The van der Waals surface area contributed by atoms with E-state index in [-0.39, 0.29) is 24.4 Å². The average molecular weight is 294 g/mol. The Kier molecular flexibility index (Phi) is 4.18. The van der Waals surface area contributed by atoms with Crippen molar-refractivity contribution in [3.05, 3.63) is 21.9 Å². The Bertz CT molecular complexity index is 520. The fourth-order valence-electron chi connectivity index (χ4n) is 2.73. The molecule has 0 spiro atoms. The monoisotopic (exact) mass is 294 g/mol. The summed E-state index contributed by atoms with van der Waals surface area (Å²) in [4.78, 5) is 28.9. The van der Waals surface area contributed by atoms with Crippen molar-refractivity contribution in [1.29, 1.82) is 0 Å². The lowest BCUT2D eigenvalue weighted by Crippen LogP contribution is -2.66. The zero-order valence-electron chi connectivity index (χ0n) is 12.5. The fraction of sp³-hybridized carbons (Fsp3) is 0.600. The molecular weight excluding hydrogens is 272 g/mol. The summed E-state index contributed by atoms with van der Waals surface area (Å²) in [6.45, 7) is 8.10. The van der Waals surface area contributed by atoms with E-state index in [9.17, 15) is 9.59 Å². The first-order chi connectivity index (χ1) is 9.43. The van der Waals surface area contributed by atoms with Crippen LogP contribution in [0.1, 0.15) is 49.4 Å². The lowest BCUT2D eigenvalue weighted by Gasteiger charge is -2.43. The van der Waals surface area contributed by atoms with Crippen molar-refractivity contribution in [1.82, 2.24) is 10.2 Å². The molecule has 2 heterocycles. The van der Waals surface area contributed by atoms with E-state index in [1.54, 1.807) is 16.2 Å². The van der Waals surface area contributed by atoms with Crippen LogP contribution in [0.25, 0.3) is 0 Å². The van der Waals surface area contributed by atoms with Gasteiger partial charge in [-0.1, -0.05) is 13.8 Å². The Balaban J connectivity index is 2.30. The van der Waals surface area contributed by atoms with Gasteiger partial charge in [0.05, 0.1) is 6.04 Å². The fourth-order valence-corrected chi connectivity index (χ4v) is 3.68. The Morgan fingerprint density at radius 3 is 2.50 bits per heavy atom. The number of carbonyl (C=O) groups excluding carboxylic acids is 2. The molecule has 0 radical (unpaired) electrons. The highest BCUT2D eigenvalue weighted by atomic mass is 32.1. The number of nitrogens with zero attached hydrogens (tertiary/aromatic N) is 1. The largest absolute Gasteiger partial charge is 0.340 e. The van der Waals surface area contributed by atoms with E-state index >= 15 is 0 Å². The Morgan fingerprint density at radius 2 is 2.00 bits per heavy atom. The summed E-state index contributed by atoms with van der Waals surface area (Å²) < 4.78 is 0. The van der Waals surface area contributed by atoms with Crippen LogP contribution >= 0.6 is 11.3 Å². The first kappa shape index (κ1) is 15.0. The van der Waals surface area contributed by atoms with Crippen molar-refractivity contribution in [2.24, 2.45) is 0 Å². The molecule has 0 saturated carbocycles. The molecule has 0 bridgehead atoms. The lowest BCUT2D eigenvalue weighted by molar-refractivity contribution is -0.152. The van der Waals surface area contributed by atoms with Crippen molar-refractivity contribution in [3.63, 3.8) is 0 Å². The first-order valence-electron chi connectivity index (χ1n) is 7.12. The normalized spacial score (nSPS) is 19.9. The minimum atomic E-state index is -0.726. The van der Waals surface area contributed by atoms with Gasteiger partial charge in [-0.2, -0.15) is 0 Å². The summed E-state index contributed by atoms with van der Waals surface area (Å²) in [7, 11) is 0. The van der Waals surface area contributed by atoms with Crippen LogP contribution in [0, 0.1) is 6.92 Å². The molecule has 1 saturated heterocycles. The first-order valence-corrected chi connectivity index (χ1v) is 7.93. The molecule has 2 amide bonds. The average Bonchev–Trinajstić information content (AvgIpc) is 2.87. The van der Waals surface area contributed by atoms with Gasteiger partial charge in [0.15, 0.2) is 0 Å². The van der Waals surface area contributed by atoms with E-state index in [2.05, 4.69) is 11.4 Å². The lowest BCUT2D eigenvalue weighted by atomic mass is 9.88. The summed E-state index contributed by atoms with van der Waals surface area (Å²) >= 11 is 1.68. The molecular formula is C15H22N2O2S. The Hall–Kier alpha value is -1.36. The van der Waals surface area contributed by atoms with Crippen LogP contribution in [0.15, 0.2) is 12.1 Å². The predicted molar refractivity (Wildman–Crippen MR) is 80.6 cm³/mol. The van der Waals surface area contributed by atoms with Crippen molar-refractivity contribution >= 4 is 23.2 Å². The van der Waals surface area contributed by atoms with Crippen molar-refractivity contribution in [2.45, 2.75) is 52.1 Å². The van der Waals surface area contributed by atoms with Gasteiger partial charge in [0.2, 0.25) is 11.8 Å². The number of hydrogen-bond donors (Lipinski definition) is 1. The molecule has 1 aromatic heterocycles. The third-order valence-corrected chi connectivity index (χ3v) is 5.38. The third kappa shape index (κ3) is 2.46.